The highest BCUT2D eigenvalue weighted by Crippen LogP contribution is 2.41. The number of pyridine rings is 1. The molecule has 2 aliphatic heterocycles. The number of imidazole rings is 1. The predicted octanol–water partition coefficient (Wildman–Crippen LogP) is 5.35. The molecule has 2 fully saturated rings. The summed E-state index contributed by atoms with van der Waals surface area (Å²) in [5.74, 6) is 0.0882. The van der Waals surface area contributed by atoms with Crippen LogP contribution in [0.2, 0.25) is 5.02 Å². The normalized spacial score (nSPS) is 20.4. The molecular formula is C26H30BrClFN7O2. The summed E-state index contributed by atoms with van der Waals surface area (Å²) in [6, 6.07) is 3.77. The second-order valence-corrected chi connectivity index (χ2v) is 12.4. The molecule has 0 spiro atoms. The van der Waals surface area contributed by atoms with Crippen molar-refractivity contribution in [1.82, 2.24) is 24.3 Å². The number of ether oxygens (including phenoxy) is 1. The van der Waals surface area contributed by atoms with E-state index in [1.165, 1.54) is 0 Å². The first-order valence-corrected chi connectivity index (χ1v) is 13.7. The van der Waals surface area contributed by atoms with Crippen LogP contribution in [0.3, 0.4) is 0 Å². The van der Waals surface area contributed by atoms with E-state index in [9.17, 15) is 10.1 Å². The summed E-state index contributed by atoms with van der Waals surface area (Å²) in [6.07, 6.45) is 1.99. The van der Waals surface area contributed by atoms with E-state index >= 15 is 4.39 Å². The summed E-state index contributed by atoms with van der Waals surface area (Å²) >= 11 is 9.65. The first-order chi connectivity index (χ1) is 17.9. The number of likely N-dealkylation sites (tertiary alicyclic amines) is 1. The standard InChI is InChI=1S/C26H30BrClFN7O2/c1-26(2,3)38-25(37)35-12-15(8-14(35)6-7-30)36-13-31-22-23(36)17-9-18(28)19(27)20(29)21(17)32-24(22)34-10-16(11-34)33(4)5/h9,13-16H,6,8,10-12H2,1-5H3/t14-,15+/m0/s1. The second-order valence-electron chi connectivity index (χ2n) is 11.2. The highest BCUT2D eigenvalue weighted by Gasteiger charge is 2.40. The minimum absolute atomic E-state index is 0.163. The molecule has 0 N–H and O–H groups in total. The van der Waals surface area contributed by atoms with Crippen LogP contribution < -0.4 is 4.90 Å². The van der Waals surface area contributed by atoms with Gasteiger partial charge in [0.2, 0.25) is 0 Å². The third-order valence-electron chi connectivity index (χ3n) is 7.25. The van der Waals surface area contributed by atoms with Crippen molar-refractivity contribution < 1.29 is 13.9 Å². The van der Waals surface area contributed by atoms with Crippen molar-refractivity contribution in [3.63, 3.8) is 0 Å². The molecule has 0 radical (unpaired) electrons. The first kappa shape index (κ1) is 26.9. The molecule has 202 valence electrons. The van der Waals surface area contributed by atoms with Crippen LogP contribution in [0.25, 0.3) is 21.9 Å². The summed E-state index contributed by atoms with van der Waals surface area (Å²) in [5.41, 5.74) is 0.904. The quantitative estimate of drug-likeness (QED) is 0.370. The van der Waals surface area contributed by atoms with Gasteiger partial charge in [-0.3, -0.25) is 0 Å². The van der Waals surface area contributed by atoms with Crippen molar-refractivity contribution in [2.24, 2.45) is 0 Å². The van der Waals surface area contributed by atoms with Crippen LogP contribution in [-0.2, 0) is 4.74 Å². The number of anilines is 1. The Bertz CT molecular complexity index is 1460. The molecular weight excluding hydrogens is 577 g/mol. The maximum atomic E-state index is 15.5. The number of carbonyl (C=O) groups is 1. The number of rotatable bonds is 4. The number of likely N-dealkylation sites (N-methyl/N-ethyl adjacent to an activating group) is 1. The molecule has 2 aromatic heterocycles. The molecule has 0 unspecified atom stereocenters. The molecule has 2 atom stereocenters. The van der Waals surface area contributed by atoms with Crippen molar-refractivity contribution in [2.75, 3.05) is 38.6 Å². The third kappa shape index (κ3) is 4.67. The molecule has 2 saturated heterocycles. The van der Waals surface area contributed by atoms with E-state index < -0.39 is 17.5 Å². The van der Waals surface area contributed by atoms with E-state index in [1.807, 2.05) is 39.4 Å². The monoisotopic (exact) mass is 605 g/mol. The fraction of sp³-hybridized carbons (Fsp3) is 0.538. The highest BCUT2D eigenvalue weighted by atomic mass is 79.9. The van der Waals surface area contributed by atoms with Gasteiger partial charge in [-0.15, -0.1) is 0 Å². The van der Waals surface area contributed by atoms with Gasteiger partial charge in [-0.25, -0.2) is 19.2 Å². The molecule has 2 aliphatic rings. The van der Waals surface area contributed by atoms with Gasteiger partial charge in [-0.2, -0.15) is 5.26 Å². The number of nitrogens with zero attached hydrogens (tertiary/aromatic N) is 7. The number of halogens is 3. The Balaban J connectivity index is 1.62. The Labute approximate surface area is 234 Å². The lowest BCUT2D eigenvalue weighted by Gasteiger charge is -2.43. The zero-order chi connectivity index (χ0) is 27.5. The van der Waals surface area contributed by atoms with Gasteiger partial charge in [0.15, 0.2) is 11.6 Å². The number of hydrogen-bond acceptors (Lipinski definition) is 7. The average Bonchev–Trinajstić information content (AvgIpc) is 3.41. The molecule has 0 bridgehead atoms. The summed E-state index contributed by atoms with van der Waals surface area (Å²) in [4.78, 5) is 28.4. The van der Waals surface area contributed by atoms with Crippen molar-refractivity contribution in [3.05, 3.63) is 27.7 Å². The zero-order valence-corrected chi connectivity index (χ0v) is 24.3. The Morgan fingerprint density at radius 2 is 2.03 bits per heavy atom. The van der Waals surface area contributed by atoms with E-state index in [0.29, 0.717) is 41.2 Å². The molecule has 4 heterocycles. The maximum Gasteiger partial charge on any atom is 0.410 e. The molecule has 0 saturated carbocycles. The summed E-state index contributed by atoms with van der Waals surface area (Å²) in [6.45, 7) is 7.29. The van der Waals surface area contributed by atoms with Crippen LogP contribution in [0, 0.1) is 17.1 Å². The number of amides is 1. The minimum Gasteiger partial charge on any atom is -0.444 e. The highest BCUT2D eigenvalue weighted by molar-refractivity contribution is 9.10. The second kappa shape index (κ2) is 9.81. The smallest absolute Gasteiger partial charge is 0.410 e. The van der Waals surface area contributed by atoms with Gasteiger partial charge < -0.3 is 24.0 Å². The molecule has 12 heteroatoms. The van der Waals surface area contributed by atoms with Crippen LogP contribution in [-0.4, -0.2) is 81.8 Å². The number of hydrogen-bond donors (Lipinski definition) is 0. The molecule has 5 rings (SSSR count). The van der Waals surface area contributed by atoms with Crippen molar-refractivity contribution >= 4 is 61.4 Å². The van der Waals surface area contributed by atoms with Crippen LogP contribution >= 0.6 is 27.5 Å². The van der Waals surface area contributed by atoms with Crippen molar-refractivity contribution in [3.8, 4) is 6.07 Å². The van der Waals surface area contributed by atoms with Gasteiger partial charge in [0, 0.05) is 31.1 Å². The number of carbonyl (C=O) groups excluding carboxylic acids is 1. The van der Waals surface area contributed by atoms with Crippen molar-refractivity contribution in [1.29, 1.82) is 5.26 Å². The Morgan fingerprint density at radius 1 is 1.32 bits per heavy atom. The number of aromatic nitrogens is 3. The van der Waals surface area contributed by atoms with E-state index in [-0.39, 0.29) is 33.5 Å². The van der Waals surface area contributed by atoms with Crippen LogP contribution in [0.15, 0.2) is 16.9 Å². The van der Waals surface area contributed by atoms with E-state index in [2.05, 4.69) is 31.8 Å². The number of nitriles is 1. The Kier molecular flexibility index (Phi) is 6.95. The lowest BCUT2D eigenvalue weighted by molar-refractivity contribution is 0.0225. The van der Waals surface area contributed by atoms with E-state index in [1.54, 1.807) is 17.3 Å². The molecule has 1 aromatic carbocycles. The Morgan fingerprint density at radius 3 is 2.66 bits per heavy atom. The molecule has 3 aromatic rings. The van der Waals surface area contributed by atoms with E-state index in [4.69, 9.17) is 26.3 Å². The van der Waals surface area contributed by atoms with Gasteiger partial charge in [0.25, 0.3) is 0 Å². The molecule has 9 nitrogen and oxygen atoms in total. The van der Waals surface area contributed by atoms with Gasteiger partial charge in [-0.1, -0.05) is 11.6 Å². The van der Waals surface area contributed by atoms with Gasteiger partial charge in [0.1, 0.15) is 16.6 Å². The SMILES string of the molecule is CN(C)C1CN(c2nc3c(F)c(Br)c(Cl)cc3c3c2ncn3[C@@H]2C[C@H](CC#N)N(C(=O)OC(C)(C)C)C2)C1. The fourth-order valence-corrected chi connectivity index (χ4v) is 5.71. The summed E-state index contributed by atoms with van der Waals surface area (Å²) in [7, 11) is 4.07. The van der Waals surface area contributed by atoms with Crippen LogP contribution in [0.4, 0.5) is 15.0 Å². The van der Waals surface area contributed by atoms with Gasteiger partial charge in [-0.05, 0) is 63.3 Å². The van der Waals surface area contributed by atoms with Crippen molar-refractivity contribution in [2.45, 2.75) is 57.3 Å². The molecule has 38 heavy (non-hydrogen) atoms. The lowest BCUT2D eigenvalue weighted by Crippen LogP contribution is -2.57. The minimum atomic E-state index is -0.659. The molecule has 0 aliphatic carbocycles. The third-order valence-corrected chi connectivity index (χ3v) is 8.55. The number of benzene rings is 1. The summed E-state index contributed by atoms with van der Waals surface area (Å²) < 4.78 is 23.3. The lowest BCUT2D eigenvalue weighted by atomic mass is 10.1. The zero-order valence-electron chi connectivity index (χ0n) is 22.0. The fourth-order valence-electron chi connectivity index (χ4n) is 5.21. The van der Waals surface area contributed by atoms with Crippen LogP contribution in [0.1, 0.15) is 39.7 Å². The topological polar surface area (TPSA) is 90.5 Å². The van der Waals surface area contributed by atoms with E-state index in [0.717, 1.165) is 13.1 Å². The predicted molar refractivity (Wildman–Crippen MR) is 148 cm³/mol. The number of fused-ring (bicyclic) bond motifs is 3. The van der Waals surface area contributed by atoms with Gasteiger partial charge in [0.05, 0.1) is 45.9 Å². The van der Waals surface area contributed by atoms with Gasteiger partial charge >= 0.3 is 6.09 Å². The molecule has 1 amide bonds. The largest absolute Gasteiger partial charge is 0.444 e. The average molecular weight is 607 g/mol. The maximum absolute atomic E-state index is 15.5. The summed E-state index contributed by atoms with van der Waals surface area (Å²) in [5, 5.41) is 10.2. The first-order valence-electron chi connectivity index (χ1n) is 12.5. The Hall–Kier alpha value is -2.68. The van der Waals surface area contributed by atoms with Crippen LogP contribution in [0.5, 0.6) is 0 Å².